The van der Waals surface area contributed by atoms with Crippen molar-refractivity contribution in [2.45, 2.75) is 33.1 Å². The Bertz CT molecular complexity index is 1730. The molecule has 0 aromatic heterocycles. The molecule has 206 valence electrons. The van der Waals surface area contributed by atoms with Crippen molar-refractivity contribution >= 4 is 11.9 Å². The molecule has 4 aromatic carbocycles. The van der Waals surface area contributed by atoms with E-state index in [2.05, 4.69) is 13.2 Å². The Morgan fingerprint density at radius 3 is 1.78 bits per heavy atom. The zero-order chi connectivity index (χ0) is 29.6. The van der Waals surface area contributed by atoms with Crippen LogP contribution in [0.1, 0.15) is 47.2 Å². The normalized spacial score (nSPS) is 12.7. The van der Waals surface area contributed by atoms with E-state index in [4.69, 9.17) is 9.47 Å². The largest absolute Gasteiger partial charge is 0.508 e. The number of esters is 2. The Labute approximate surface area is 238 Å². The molecule has 6 heteroatoms. The van der Waals surface area contributed by atoms with Gasteiger partial charge < -0.3 is 19.7 Å². The third-order valence-corrected chi connectivity index (χ3v) is 7.47. The molecule has 0 heterocycles. The molecule has 6 nitrogen and oxygen atoms in total. The van der Waals surface area contributed by atoms with Gasteiger partial charge in [0.2, 0.25) is 0 Å². The van der Waals surface area contributed by atoms with Crippen molar-refractivity contribution in [3.05, 3.63) is 130 Å². The standard InChI is InChI=1S/C35H30O6/c1-19(2)33(38)40-30-16-13-26-25-9-7-8-10-27(25)35(23-11-14-28(36)21(5)17-23,24-12-15-29(37)22(6)18-24)31(26)32(30)41-34(39)20(3)4/h7-18,36-37H,1,3H2,2,4-6H3. The summed E-state index contributed by atoms with van der Waals surface area (Å²) in [5, 5.41) is 20.9. The first-order valence-electron chi connectivity index (χ1n) is 13.1. The number of hydrogen-bond donors (Lipinski definition) is 2. The lowest BCUT2D eigenvalue weighted by Crippen LogP contribution is -2.30. The molecule has 0 unspecified atom stereocenters. The number of rotatable bonds is 6. The SMILES string of the molecule is C=C(C)C(=O)Oc1ccc2c(c1OC(=O)C(=C)C)C(c1ccc(O)c(C)c1)(c1ccc(O)c(C)c1)c1ccccc1-2. The molecule has 2 N–H and O–H groups in total. The van der Waals surface area contributed by atoms with Gasteiger partial charge in [0.1, 0.15) is 11.5 Å². The zero-order valence-corrected chi connectivity index (χ0v) is 23.4. The minimum absolute atomic E-state index is 0.0505. The van der Waals surface area contributed by atoms with Crippen molar-refractivity contribution in [3.63, 3.8) is 0 Å². The highest BCUT2D eigenvalue weighted by Gasteiger charge is 2.49. The minimum atomic E-state index is -1.10. The van der Waals surface area contributed by atoms with Crippen molar-refractivity contribution in [3.8, 4) is 34.1 Å². The van der Waals surface area contributed by atoms with Crippen molar-refractivity contribution in [1.29, 1.82) is 0 Å². The maximum absolute atomic E-state index is 13.1. The van der Waals surface area contributed by atoms with E-state index in [0.717, 1.165) is 27.8 Å². The number of phenols is 2. The van der Waals surface area contributed by atoms with E-state index in [1.165, 1.54) is 6.92 Å². The summed E-state index contributed by atoms with van der Waals surface area (Å²) in [5.41, 5.74) is 5.24. The van der Waals surface area contributed by atoms with Crippen LogP contribution in [-0.4, -0.2) is 22.2 Å². The molecule has 41 heavy (non-hydrogen) atoms. The summed E-state index contributed by atoms with van der Waals surface area (Å²) >= 11 is 0. The summed E-state index contributed by atoms with van der Waals surface area (Å²) in [4.78, 5) is 25.8. The predicted octanol–water partition coefficient (Wildman–Crippen LogP) is 7.04. The number of phenolic OH excluding ortho intramolecular Hbond substituents is 2. The van der Waals surface area contributed by atoms with Crippen LogP contribution in [0.2, 0.25) is 0 Å². The van der Waals surface area contributed by atoms with Gasteiger partial charge in [0.05, 0.1) is 5.41 Å². The molecule has 0 bridgehead atoms. The second-order valence-electron chi connectivity index (χ2n) is 10.5. The molecule has 1 aliphatic carbocycles. The van der Waals surface area contributed by atoms with Gasteiger partial charge in [-0.05, 0) is 84.8 Å². The van der Waals surface area contributed by atoms with Gasteiger partial charge in [-0.1, -0.05) is 67.8 Å². The third kappa shape index (κ3) is 4.38. The molecule has 1 aliphatic rings. The average molecular weight is 547 g/mol. The lowest BCUT2D eigenvalue weighted by Gasteiger charge is -2.35. The first-order chi connectivity index (χ1) is 19.5. The number of aryl methyl sites for hydroxylation is 2. The van der Waals surface area contributed by atoms with Crippen LogP contribution in [0, 0.1) is 13.8 Å². The maximum atomic E-state index is 13.1. The Hall–Kier alpha value is -5.10. The van der Waals surface area contributed by atoms with Crippen molar-refractivity contribution < 1.29 is 29.3 Å². The molecule has 0 saturated heterocycles. The van der Waals surface area contributed by atoms with E-state index in [9.17, 15) is 19.8 Å². The fraction of sp³-hybridized carbons (Fsp3) is 0.143. The molecule has 0 amide bonds. The van der Waals surface area contributed by atoms with Gasteiger partial charge in [-0.25, -0.2) is 9.59 Å². The van der Waals surface area contributed by atoms with Gasteiger partial charge in [-0.3, -0.25) is 0 Å². The molecule has 0 atom stereocenters. The molecule has 0 saturated carbocycles. The summed E-state index contributed by atoms with van der Waals surface area (Å²) in [7, 11) is 0. The Morgan fingerprint density at radius 2 is 1.24 bits per heavy atom. The third-order valence-electron chi connectivity index (χ3n) is 7.47. The van der Waals surface area contributed by atoms with Crippen LogP contribution in [0.5, 0.6) is 23.0 Å². The lowest BCUT2D eigenvalue weighted by molar-refractivity contribution is -0.132. The average Bonchev–Trinajstić information content (AvgIpc) is 3.24. The highest BCUT2D eigenvalue weighted by Crippen LogP contribution is 2.61. The fourth-order valence-electron chi connectivity index (χ4n) is 5.43. The number of ether oxygens (including phenoxy) is 2. The first-order valence-corrected chi connectivity index (χ1v) is 13.1. The van der Waals surface area contributed by atoms with Crippen LogP contribution in [0.4, 0.5) is 0 Å². The van der Waals surface area contributed by atoms with Crippen molar-refractivity contribution in [1.82, 2.24) is 0 Å². The van der Waals surface area contributed by atoms with E-state index in [1.54, 1.807) is 25.1 Å². The van der Waals surface area contributed by atoms with E-state index in [0.29, 0.717) is 16.7 Å². The van der Waals surface area contributed by atoms with Gasteiger partial charge in [0.25, 0.3) is 0 Å². The number of fused-ring (bicyclic) bond motifs is 3. The Morgan fingerprint density at radius 1 is 0.707 bits per heavy atom. The monoisotopic (exact) mass is 546 g/mol. The first kappa shape index (κ1) is 27.5. The van der Waals surface area contributed by atoms with Gasteiger partial charge in [0, 0.05) is 16.7 Å². The fourth-order valence-corrected chi connectivity index (χ4v) is 5.43. The smallest absolute Gasteiger partial charge is 0.338 e. The summed E-state index contributed by atoms with van der Waals surface area (Å²) in [6.45, 7) is 14.1. The second-order valence-corrected chi connectivity index (χ2v) is 10.5. The Kier molecular flexibility index (Phi) is 6.79. The molecule has 0 aliphatic heterocycles. The lowest BCUT2D eigenvalue weighted by atomic mass is 9.67. The van der Waals surface area contributed by atoms with Crippen LogP contribution in [0.15, 0.2) is 97.1 Å². The van der Waals surface area contributed by atoms with Crippen LogP contribution >= 0.6 is 0 Å². The minimum Gasteiger partial charge on any atom is -0.508 e. The van der Waals surface area contributed by atoms with Crippen LogP contribution in [0.3, 0.4) is 0 Å². The molecule has 5 rings (SSSR count). The molecule has 0 spiro atoms. The van der Waals surface area contributed by atoms with Crippen LogP contribution in [0.25, 0.3) is 11.1 Å². The summed E-state index contributed by atoms with van der Waals surface area (Å²) in [5.74, 6) is -0.961. The van der Waals surface area contributed by atoms with Crippen molar-refractivity contribution in [2.24, 2.45) is 0 Å². The quantitative estimate of drug-likeness (QED) is 0.135. The number of carbonyl (C=O) groups is 2. The number of carbonyl (C=O) groups excluding carboxylic acids is 2. The highest BCUT2D eigenvalue weighted by molar-refractivity contribution is 5.95. The highest BCUT2D eigenvalue weighted by atomic mass is 16.6. The Balaban J connectivity index is 1.99. The molecular weight excluding hydrogens is 516 g/mol. The number of hydrogen-bond acceptors (Lipinski definition) is 6. The predicted molar refractivity (Wildman–Crippen MR) is 157 cm³/mol. The summed E-state index contributed by atoms with van der Waals surface area (Å²) in [6, 6.07) is 22.0. The molecule has 0 radical (unpaired) electrons. The van der Waals surface area contributed by atoms with Gasteiger partial charge >= 0.3 is 11.9 Å². The van der Waals surface area contributed by atoms with E-state index >= 15 is 0 Å². The van der Waals surface area contributed by atoms with Crippen LogP contribution in [-0.2, 0) is 15.0 Å². The molecule has 4 aromatic rings. The van der Waals surface area contributed by atoms with E-state index < -0.39 is 17.4 Å². The summed E-state index contributed by atoms with van der Waals surface area (Å²) < 4.78 is 11.8. The molecular formula is C35H30O6. The summed E-state index contributed by atoms with van der Waals surface area (Å²) in [6.07, 6.45) is 0. The van der Waals surface area contributed by atoms with Gasteiger partial charge in [0.15, 0.2) is 11.5 Å². The number of aromatic hydroxyl groups is 2. The van der Waals surface area contributed by atoms with E-state index in [-0.39, 0.29) is 34.1 Å². The van der Waals surface area contributed by atoms with E-state index in [1.807, 2.05) is 68.4 Å². The van der Waals surface area contributed by atoms with Crippen LogP contribution < -0.4 is 9.47 Å². The second kappa shape index (κ2) is 10.1. The zero-order valence-electron chi connectivity index (χ0n) is 23.4. The number of benzene rings is 4. The van der Waals surface area contributed by atoms with Gasteiger partial charge in [-0.2, -0.15) is 0 Å². The van der Waals surface area contributed by atoms with Gasteiger partial charge in [-0.15, -0.1) is 0 Å². The van der Waals surface area contributed by atoms with Crippen molar-refractivity contribution in [2.75, 3.05) is 0 Å². The molecule has 0 fully saturated rings. The topological polar surface area (TPSA) is 93.1 Å². The maximum Gasteiger partial charge on any atom is 0.338 e.